The van der Waals surface area contributed by atoms with Gasteiger partial charge in [0, 0.05) is 18.3 Å². The zero-order valence-corrected chi connectivity index (χ0v) is 8.71. The molecule has 0 radical (unpaired) electrons. The molecule has 1 fully saturated rings. The van der Waals surface area contributed by atoms with E-state index < -0.39 is 0 Å². The van der Waals surface area contributed by atoms with Crippen molar-refractivity contribution in [2.45, 2.75) is 18.9 Å². The molecule has 3 N–H and O–H groups in total. The van der Waals surface area contributed by atoms with Gasteiger partial charge in [-0.1, -0.05) is 0 Å². The van der Waals surface area contributed by atoms with E-state index in [4.69, 9.17) is 5.73 Å². The van der Waals surface area contributed by atoms with E-state index in [1.54, 1.807) is 6.20 Å². The highest BCUT2D eigenvalue weighted by Crippen LogP contribution is 2.25. The zero-order chi connectivity index (χ0) is 8.55. The number of hydrogen-bond acceptors (Lipinski definition) is 3. The molecule has 64 valence electrons. The van der Waals surface area contributed by atoms with Crippen molar-refractivity contribution in [2.24, 2.45) is 0 Å². The first-order chi connectivity index (χ1) is 5.75. The molecule has 1 aromatic rings. The second-order valence-corrected chi connectivity index (χ2v) is 4.17. The Balaban J connectivity index is 2.15. The monoisotopic (exact) mass is 275 g/mol. The largest absolute Gasteiger partial charge is 0.398 e. The highest BCUT2D eigenvalue weighted by Gasteiger charge is 2.21. The number of halogens is 1. The molecule has 0 aromatic carbocycles. The van der Waals surface area contributed by atoms with Gasteiger partial charge in [0.25, 0.3) is 0 Å². The summed E-state index contributed by atoms with van der Waals surface area (Å²) in [4.78, 5) is 4.22. The van der Waals surface area contributed by atoms with Gasteiger partial charge in [0.2, 0.25) is 0 Å². The van der Waals surface area contributed by atoms with Gasteiger partial charge < -0.3 is 11.1 Å². The maximum atomic E-state index is 5.73. The van der Waals surface area contributed by atoms with Crippen LogP contribution in [0.4, 0.5) is 11.5 Å². The average Bonchev–Trinajstić information content (AvgIpc) is 2.81. The van der Waals surface area contributed by atoms with Crippen LogP contribution in [0.3, 0.4) is 0 Å². The molecule has 2 rings (SSSR count). The molecule has 1 heterocycles. The van der Waals surface area contributed by atoms with E-state index in [0.29, 0.717) is 6.04 Å². The Morgan fingerprint density at radius 2 is 2.33 bits per heavy atom. The van der Waals surface area contributed by atoms with E-state index in [1.807, 2.05) is 6.07 Å². The van der Waals surface area contributed by atoms with Crippen LogP contribution < -0.4 is 11.1 Å². The van der Waals surface area contributed by atoms with Crippen LogP contribution in [0.2, 0.25) is 0 Å². The molecule has 0 amide bonds. The number of aromatic nitrogens is 1. The van der Waals surface area contributed by atoms with Crippen molar-refractivity contribution in [3.63, 3.8) is 0 Å². The second kappa shape index (κ2) is 3.08. The van der Waals surface area contributed by atoms with Gasteiger partial charge in [-0.25, -0.2) is 4.98 Å². The fourth-order valence-electron chi connectivity index (χ4n) is 0.970. The minimum Gasteiger partial charge on any atom is -0.398 e. The van der Waals surface area contributed by atoms with Crippen molar-refractivity contribution < 1.29 is 0 Å². The zero-order valence-electron chi connectivity index (χ0n) is 6.55. The summed E-state index contributed by atoms with van der Waals surface area (Å²) >= 11 is 2.18. The number of pyridine rings is 1. The first kappa shape index (κ1) is 8.10. The lowest BCUT2D eigenvalue weighted by molar-refractivity contribution is 1.11. The molecule has 3 nitrogen and oxygen atoms in total. The number of nitrogen functional groups attached to an aromatic ring is 1. The van der Waals surface area contributed by atoms with Crippen LogP contribution in [0.15, 0.2) is 12.3 Å². The number of rotatable bonds is 2. The predicted octanol–water partition coefficient (Wildman–Crippen LogP) is 1.84. The van der Waals surface area contributed by atoms with Crippen LogP contribution in [0.1, 0.15) is 12.8 Å². The Morgan fingerprint density at radius 1 is 1.58 bits per heavy atom. The average molecular weight is 275 g/mol. The molecule has 1 aromatic heterocycles. The van der Waals surface area contributed by atoms with E-state index in [2.05, 4.69) is 32.9 Å². The number of nitrogens with zero attached hydrogens (tertiary/aromatic N) is 1. The topological polar surface area (TPSA) is 50.9 Å². The van der Waals surface area contributed by atoms with Gasteiger partial charge in [-0.3, -0.25) is 0 Å². The molecule has 0 aliphatic heterocycles. The summed E-state index contributed by atoms with van der Waals surface area (Å²) < 4.78 is 1.01. The summed E-state index contributed by atoms with van der Waals surface area (Å²) in [6, 6.07) is 2.53. The van der Waals surface area contributed by atoms with Crippen LogP contribution in [-0.2, 0) is 0 Å². The molecule has 12 heavy (non-hydrogen) atoms. The predicted molar refractivity (Wildman–Crippen MR) is 58.0 cm³/mol. The maximum absolute atomic E-state index is 5.73. The molecule has 0 saturated heterocycles. The molecule has 4 heteroatoms. The fourth-order valence-corrected chi connectivity index (χ4v) is 1.26. The minimum atomic E-state index is 0.636. The molecule has 0 spiro atoms. The van der Waals surface area contributed by atoms with Crippen LogP contribution in [0, 0.1) is 3.57 Å². The third-order valence-corrected chi connectivity index (χ3v) is 2.72. The Kier molecular flexibility index (Phi) is 2.08. The number of anilines is 2. The van der Waals surface area contributed by atoms with Crippen LogP contribution in [-0.4, -0.2) is 11.0 Å². The van der Waals surface area contributed by atoms with Gasteiger partial charge in [0.15, 0.2) is 0 Å². The Morgan fingerprint density at radius 3 is 2.92 bits per heavy atom. The van der Waals surface area contributed by atoms with Gasteiger partial charge in [-0.15, -0.1) is 0 Å². The van der Waals surface area contributed by atoms with Crippen molar-refractivity contribution in [1.82, 2.24) is 4.98 Å². The SMILES string of the molecule is Nc1cc(NC2CC2)ncc1I. The molecule has 0 atom stereocenters. The van der Waals surface area contributed by atoms with Crippen molar-refractivity contribution in [3.05, 3.63) is 15.8 Å². The van der Waals surface area contributed by atoms with Gasteiger partial charge in [0.1, 0.15) is 5.82 Å². The van der Waals surface area contributed by atoms with Gasteiger partial charge in [-0.2, -0.15) is 0 Å². The molecule has 0 bridgehead atoms. The smallest absolute Gasteiger partial charge is 0.128 e. The third kappa shape index (κ3) is 1.80. The Hall–Kier alpha value is -0.520. The lowest BCUT2D eigenvalue weighted by Gasteiger charge is -2.04. The van der Waals surface area contributed by atoms with E-state index in [9.17, 15) is 0 Å². The maximum Gasteiger partial charge on any atom is 0.128 e. The van der Waals surface area contributed by atoms with Crippen LogP contribution >= 0.6 is 22.6 Å². The van der Waals surface area contributed by atoms with E-state index in [-0.39, 0.29) is 0 Å². The van der Waals surface area contributed by atoms with Crippen molar-refractivity contribution in [2.75, 3.05) is 11.1 Å². The summed E-state index contributed by atoms with van der Waals surface area (Å²) in [7, 11) is 0. The van der Waals surface area contributed by atoms with Crippen LogP contribution in [0.25, 0.3) is 0 Å². The number of nitrogens with two attached hydrogens (primary N) is 1. The summed E-state index contributed by atoms with van der Waals surface area (Å²) in [6.45, 7) is 0. The third-order valence-electron chi connectivity index (χ3n) is 1.81. The fraction of sp³-hybridized carbons (Fsp3) is 0.375. The van der Waals surface area contributed by atoms with E-state index in [1.165, 1.54) is 12.8 Å². The van der Waals surface area contributed by atoms with E-state index >= 15 is 0 Å². The number of nitrogens with one attached hydrogen (secondary N) is 1. The molecule has 1 saturated carbocycles. The molecule has 0 unspecified atom stereocenters. The van der Waals surface area contributed by atoms with Crippen molar-refractivity contribution in [3.8, 4) is 0 Å². The Bertz CT molecular complexity index is 296. The van der Waals surface area contributed by atoms with E-state index in [0.717, 1.165) is 15.1 Å². The molecular formula is C8H10IN3. The number of hydrogen-bond donors (Lipinski definition) is 2. The first-order valence-corrected chi connectivity index (χ1v) is 5.01. The highest BCUT2D eigenvalue weighted by molar-refractivity contribution is 14.1. The summed E-state index contributed by atoms with van der Waals surface area (Å²) in [5.74, 6) is 0.899. The first-order valence-electron chi connectivity index (χ1n) is 3.93. The highest BCUT2D eigenvalue weighted by atomic mass is 127. The summed E-state index contributed by atoms with van der Waals surface area (Å²) in [5.41, 5.74) is 6.53. The molecule has 1 aliphatic carbocycles. The minimum absolute atomic E-state index is 0.636. The normalized spacial score (nSPS) is 16.1. The Labute approximate surface area is 84.9 Å². The van der Waals surface area contributed by atoms with Gasteiger partial charge in [0.05, 0.1) is 9.26 Å². The van der Waals surface area contributed by atoms with Gasteiger partial charge >= 0.3 is 0 Å². The molecular weight excluding hydrogens is 265 g/mol. The molecule has 1 aliphatic rings. The second-order valence-electron chi connectivity index (χ2n) is 3.01. The standard InChI is InChI=1S/C8H10IN3/c9-6-4-11-8(3-7(6)10)12-5-1-2-5/h3-5H,1-2H2,(H3,10,11,12). The summed E-state index contributed by atoms with van der Waals surface area (Å²) in [6.07, 6.45) is 4.31. The lowest BCUT2D eigenvalue weighted by Crippen LogP contribution is -2.04. The van der Waals surface area contributed by atoms with Crippen molar-refractivity contribution >= 4 is 34.1 Å². The van der Waals surface area contributed by atoms with Crippen LogP contribution in [0.5, 0.6) is 0 Å². The lowest BCUT2D eigenvalue weighted by atomic mass is 10.4. The summed E-state index contributed by atoms with van der Waals surface area (Å²) in [5, 5.41) is 3.29. The van der Waals surface area contributed by atoms with Crippen molar-refractivity contribution in [1.29, 1.82) is 0 Å². The van der Waals surface area contributed by atoms with Gasteiger partial charge in [-0.05, 0) is 35.4 Å². The quantitative estimate of drug-likeness (QED) is 0.810.